The molecular weight excluding hydrogens is 414 g/mol. The van der Waals surface area contributed by atoms with Crippen LogP contribution >= 0.6 is 11.5 Å². The number of fused-ring (bicyclic) bond motifs is 1. The van der Waals surface area contributed by atoms with E-state index in [1.54, 1.807) is 29.2 Å². The number of aromatic nitrogens is 1. The number of carbonyl (C=O) groups excluding carboxylic acids is 3. The average Bonchev–Trinajstić information content (AvgIpc) is 3.22. The van der Waals surface area contributed by atoms with Gasteiger partial charge in [0.15, 0.2) is 0 Å². The number of benzene rings is 2. The molecule has 8 nitrogen and oxygen atoms in total. The van der Waals surface area contributed by atoms with Crippen LogP contribution in [0, 0.1) is 0 Å². The van der Waals surface area contributed by atoms with Crippen molar-refractivity contribution in [2.24, 2.45) is 5.73 Å². The quantitative estimate of drug-likeness (QED) is 0.616. The molecule has 0 bridgehead atoms. The highest BCUT2D eigenvalue weighted by Crippen LogP contribution is 2.29. The van der Waals surface area contributed by atoms with Crippen molar-refractivity contribution in [2.45, 2.75) is 12.8 Å². The van der Waals surface area contributed by atoms with Gasteiger partial charge in [0.25, 0.3) is 0 Å². The number of piperazine rings is 1. The third kappa shape index (κ3) is 4.83. The predicted molar refractivity (Wildman–Crippen MR) is 121 cm³/mol. The molecule has 0 unspecified atom stereocenters. The lowest BCUT2D eigenvalue weighted by Gasteiger charge is -2.35. The van der Waals surface area contributed by atoms with Crippen LogP contribution in [-0.4, -0.2) is 53.2 Å². The van der Waals surface area contributed by atoms with E-state index in [9.17, 15) is 14.4 Å². The number of nitrogens with zero attached hydrogens (tertiary/aromatic N) is 3. The molecule has 31 heavy (non-hydrogen) atoms. The molecule has 3 aromatic rings. The first-order chi connectivity index (χ1) is 15.0. The fourth-order valence-corrected chi connectivity index (χ4v) is 4.38. The molecular formula is C22H23N5O3S. The second kappa shape index (κ2) is 9.13. The molecule has 0 atom stereocenters. The largest absolute Gasteiger partial charge is 0.366 e. The molecule has 1 saturated heterocycles. The minimum atomic E-state index is -0.522. The van der Waals surface area contributed by atoms with E-state index < -0.39 is 5.91 Å². The molecule has 3 N–H and O–H groups in total. The van der Waals surface area contributed by atoms with Gasteiger partial charge in [-0.25, -0.2) is 0 Å². The van der Waals surface area contributed by atoms with Crippen molar-refractivity contribution in [1.29, 1.82) is 0 Å². The summed E-state index contributed by atoms with van der Waals surface area (Å²) in [6.45, 7) is 2.66. The summed E-state index contributed by atoms with van der Waals surface area (Å²) in [4.78, 5) is 39.8. The minimum Gasteiger partial charge on any atom is -0.366 e. The van der Waals surface area contributed by atoms with Gasteiger partial charge in [0.05, 0.1) is 4.70 Å². The van der Waals surface area contributed by atoms with Crippen LogP contribution in [0.2, 0.25) is 0 Å². The summed E-state index contributed by atoms with van der Waals surface area (Å²) in [5, 5.41) is 3.88. The Morgan fingerprint density at radius 1 is 0.968 bits per heavy atom. The first kappa shape index (κ1) is 20.8. The van der Waals surface area contributed by atoms with E-state index in [1.807, 2.05) is 12.1 Å². The third-order valence-corrected chi connectivity index (χ3v) is 6.13. The van der Waals surface area contributed by atoms with Gasteiger partial charge < -0.3 is 20.9 Å². The number of amides is 3. The van der Waals surface area contributed by atoms with E-state index in [4.69, 9.17) is 5.73 Å². The van der Waals surface area contributed by atoms with Crippen LogP contribution in [0.5, 0.6) is 0 Å². The highest BCUT2D eigenvalue weighted by Gasteiger charge is 2.24. The monoisotopic (exact) mass is 437 g/mol. The Labute approximate surface area is 183 Å². The Morgan fingerprint density at radius 3 is 2.39 bits per heavy atom. The van der Waals surface area contributed by atoms with E-state index in [0.29, 0.717) is 24.3 Å². The number of rotatable bonds is 6. The summed E-state index contributed by atoms with van der Waals surface area (Å²) < 4.78 is 5.75. The second-order valence-electron chi connectivity index (χ2n) is 7.36. The summed E-state index contributed by atoms with van der Waals surface area (Å²) in [6.07, 6.45) is 0.262. The zero-order valence-corrected chi connectivity index (χ0v) is 17.7. The standard InChI is InChI=1S/C22H23N5O3S/c23-21(30)15-5-7-16(8-6-15)24-19(28)9-10-20(29)26-11-13-27(14-12-26)22-17-3-1-2-4-18(17)31-25-22/h1-8H,9-14H2,(H2,23,30)(H,24,28). The Kier molecular flexibility index (Phi) is 6.13. The van der Waals surface area contributed by atoms with Gasteiger partial charge in [0.1, 0.15) is 5.82 Å². The fraction of sp³-hybridized carbons (Fsp3) is 0.273. The van der Waals surface area contributed by atoms with Gasteiger partial charge in [-0.1, -0.05) is 12.1 Å². The van der Waals surface area contributed by atoms with E-state index in [1.165, 1.54) is 11.5 Å². The number of primary amides is 1. The van der Waals surface area contributed by atoms with Crippen molar-refractivity contribution in [3.8, 4) is 0 Å². The van der Waals surface area contributed by atoms with Crippen molar-refractivity contribution >= 4 is 50.8 Å². The van der Waals surface area contributed by atoms with Crippen LogP contribution in [0.25, 0.3) is 10.1 Å². The molecule has 2 aromatic carbocycles. The average molecular weight is 438 g/mol. The molecule has 0 saturated carbocycles. The predicted octanol–water partition coefficient (Wildman–Crippen LogP) is 2.46. The molecule has 9 heteroatoms. The highest BCUT2D eigenvalue weighted by molar-refractivity contribution is 7.13. The first-order valence-corrected chi connectivity index (χ1v) is 10.9. The Balaban J connectivity index is 1.24. The van der Waals surface area contributed by atoms with E-state index in [-0.39, 0.29) is 24.7 Å². The van der Waals surface area contributed by atoms with Gasteiger partial charge >= 0.3 is 0 Å². The number of nitrogens with one attached hydrogen (secondary N) is 1. The lowest BCUT2D eigenvalue weighted by atomic mass is 10.2. The van der Waals surface area contributed by atoms with Crippen LogP contribution in [0.15, 0.2) is 48.5 Å². The number of hydrogen-bond acceptors (Lipinski definition) is 6. The maximum Gasteiger partial charge on any atom is 0.248 e. The van der Waals surface area contributed by atoms with Crippen molar-refractivity contribution in [3.05, 3.63) is 54.1 Å². The maximum atomic E-state index is 12.5. The summed E-state index contributed by atoms with van der Waals surface area (Å²) in [7, 11) is 0. The highest BCUT2D eigenvalue weighted by atomic mass is 32.1. The molecule has 0 aliphatic carbocycles. The van der Waals surface area contributed by atoms with Gasteiger partial charge in [-0.2, -0.15) is 4.37 Å². The second-order valence-corrected chi connectivity index (χ2v) is 8.16. The van der Waals surface area contributed by atoms with Gasteiger partial charge in [-0.15, -0.1) is 0 Å². The SMILES string of the molecule is NC(=O)c1ccc(NC(=O)CCC(=O)N2CCN(c3nsc4ccccc34)CC2)cc1. The summed E-state index contributed by atoms with van der Waals surface area (Å²) in [6, 6.07) is 14.5. The molecule has 2 heterocycles. The molecule has 1 aliphatic rings. The molecule has 0 radical (unpaired) electrons. The molecule has 160 valence electrons. The fourth-order valence-electron chi connectivity index (χ4n) is 3.59. The van der Waals surface area contributed by atoms with E-state index in [0.717, 1.165) is 29.0 Å². The smallest absolute Gasteiger partial charge is 0.248 e. The minimum absolute atomic E-state index is 0.0259. The summed E-state index contributed by atoms with van der Waals surface area (Å²) >= 11 is 1.49. The third-order valence-electron chi connectivity index (χ3n) is 5.31. The number of anilines is 2. The molecule has 1 aromatic heterocycles. The lowest BCUT2D eigenvalue weighted by Crippen LogP contribution is -2.49. The Morgan fingerprint density at radius 2 is 1.68 bits per heavy atom. The molecule has 1 aliphatic heterocycles. The van der Waals surface area contributed by atoms with E-state index >= 15 is 0 Å². The number of nitrogens with two attached hydrogens (primary N) is 1. The molecule has 3 amide bonds. The normalized spacial score (nSPS) is 13.9. The zero-order chi connectivity index (χ0) is 21.8. The van der Waals surface area contributed by atoms with Gasteiger partial charge in [0.2, 0.25) is 17.7 Å². The van der Waals surface area contributed by atoms with Crippen molar-refractivity contribution in [1.82, 2.24) is 9.27 Å². The van der Waals surface area contributed by atoms with Crippen molar-refractivity contribution in [2.75, 3.05) is 36.4 Å². The molecule has 1 fully saturated rings. The Bertz CT molecular complexity index is 1100. The zero-order valence-electron chi connectivity index (χ0n) is 16.9. The van der Waals surface area contributed by atoms with Crippen molar-refractivity contribution < 1.29 is 14.4 Å². The van der Waals surface area contributed by atoms with Crippen LogP contribution in [0.1, 0.15) is 23.2 Å². The number of carbonyl (C=O) groups is 3. The van der Waals surface area contributed by atoms with Crippen LogP contribution in [0.3, 0.4) is 0 Å². The number of hydrogen-bond donors (Lipinski definition) is 2. The summed E-state index contributed by atoms with van der Waals surface area (Å²) in [5.41, 5.74) is 6.14. The van der Waals surface area contributed by atoms with Crippen molar-refractivity contribution in [3.63, 3.8) is 0 Å². The lowest BCUT2D eigenvalue weighted by molar-refractivity contribution is -0.133. The van der Waals surface area contributed by atoms with Crippen LogP contribution < -0.4 is 16.0 Å². The van der Waals surface area contributed by atoms with Crippen LogP contribution in [0.4, 0.5) is 11.5 Å². The van der Waals surface area contributed by atoms with Crippen LogP contribution in [-0.2, 0) is 9.59 Å². The Hall–Kier alpha value is -3.46. The van der Waals surface area contributed by atoms with Gasteiger partial charge in [-0.3, -0.25) is 14.4 Å². The summed E-state index contributed by atoms with van der Waals surface area (Å²) in [5.74, 6) is 0.190. The van der Waals surface area contributed by atoms with E-state index in [2.05, 4.69) is 26.7 Å². The topological polar surface area (TPSA) is 109 Å². The maximum absolute atomic E-state index is 12.5. The van der Waals surface area contributed by atoms with Gasteiger partial charge in [0, 0.05) is 55.7 Å². The van der Waals surface area contributed by atoms with Gasteiger partial charge in [-0.05, 0) is 47.9 Å². The molecule has 4 rings (SSSR count). The first-order valence-electron chi connectivity index (χ1n) is 10.1. The molecule has 0 spiro atoms.